The summed E-state index contributed by atoms with van der Waals surface area (Å²) in [6.45, 7) is 8.33. The van der Waals surface area contributed by atoms with E-state index in [9.17, 15) is 0 Å². The van der Waals surface area contributed by atoms with Crippen LogP contribution in [0.25, 0.3) is 44.5 Å². The van der Waals surface area contributed by atoms with Gasteiger partial charge < -0.3 is 0 Å². The quantitative estimate of drug-likeness (QED) is 0.178. The molecular weight excluding hydrogens is 492 g/mol. The van der Waals surface area contributed by atoms with Gasteiger partial charge in [-0.15, -0.1) is 0 Å². The Labute approximate surface area is 247 Å². The summed E-state index contributed by atoms with van der Waals surface area (Å²) < 4.78 is 0. The molecule has 0 unspecified atom stereocenters. The maximum absolute atomic E-state index is 2.33. The molecule has 204 valence electrons. The van der Waals surface area contributed by atoms with E-state index in [1.54, 1.807) is 0 Å². The Morgan fingerprint density at radius 2 is 0.976 bits per heavy atom. The van der Waals surface area contributed by atoms with Crippen LogP contribution in [0.2, 0.25) is 0 Å². The van der Waals surface area contributed by atoms with E-state index in [1.165, 1.54) is 55.7 Å². The molecule has 0 N–H and O–H groups in total. The van der Waals surface area contributed by atoms with Crippen LogP contribution >= 0.6 is 0 Å². The molecule has 0 radical (unpaired) electrons. The zero-order chi connectivity index (χ0) is 28.9. The molecule has 0 amide bonds. The highest BCUT2D eigenvalue weighted by molar-refractivity contribution is 5.85. The van der Waals surface area contributed by atoms with Crippen molar-refractivity contribution < 1.29 is 0 Å². The SMILES string of the molecule is C\C=C/C=C(\C=C/C)c1cccc(-c2cc(-c3ccccc3)cc(-c3cccc(C(/C=C\CC)=C/C=C\C)c3)c2)c1. The summed E-state index contributed by atoms with van der Waals surface area (Å²) in [5, 5.41) is 0. The van der Waals surface area contributed by atoms with Gasteiger partial charge in [0.05, 0.1) is 0 Å². The molecule has 0 fully saturated rings. The van der Waals surface area contributed by atoms with Crippen LogP contribution in [-0.4, -0.2) is 0 Å². The van der Waals surface area contributed by atoms with Crippen molar-refractivity contribution >= 4 is 11.1 Å². The van der Waals surface area contributed by atoms with Gasteiger partial charge in [-0.25, -0.2) is 0 Å². The standard InChI is InChI=1S/C41H40/c1-5-9-18-32(17-8-4)35-23-15-25-37(27-35)40-29-39(34-21-13-12-14-22-34)30-41(31-40)38-26-16-24-36(28-38)33(19-10-6-2)20-11-7-3/h5-6,8-31H,7H2,1-4H3/b9-5-,10-6-,17-8-,20-11-,32-18+,33-19+. The van der Waals surface area contributed by atoms with E-state index in [4.69, 9.17) is 0 Å². The highest BCUT2D eigenvalue weighted by Crippen LogP contribution is 2.35. The normalized spacial score (nSPS) is 12.9. The molecule has 0 aliphatic heterocycles. The predicted molar refractivity (Wildman–Crippen MR) is 183 cm³/mol. The molecule has 0 saturated carbocycles. The van der Waals surface area contributed by atoms with Gasteiger partial charge in [0.1, 0.15) is 0 Å². The minimum atomic E-state index is 1.01. The molecule has 0 spiro atoms. The Morgan fingerprint density at radius 1 is 0.488 bits per heavy atom. The first-order chi connectivity index (χ1) is 20.2. The lowest BCUT2D eigenvalue weighted by Crippen LogP contribution is -1.89. The highest BCUT2D eigenvalue weighted by atomic mass is 14.1. The fourth-order valence-corrected chi connectivity index (χ4v) is 4.84. The monoisotopic (exact) mass is 532 g/mol. The number of rotatable bonds is 10. The first-order valence-electron chi connectivity index (χ1n) is 14.5. The molecule has 0 aliphatic carbocycles. The first-order valence-corrected chi connectivity index (χ1v) is 14.5. The van der Waals surface area contributed by atoms with E-state index in [0.29, 0.717) is 0 Å². The summed E-state index contributed by atoms with van der Waals surface area (Å²) in [4.78, 5) is 0. The van der Waals surface area contributed by atoms with Crippen LogP contribution in [0, 0.1) is 0 Å². The van der Waals surface area contributed by atoms with Crippen molar-refractivity contribution in [1.29, 1.82) is 0 Å². The summed E-state index contributed by atoms with van der Waals surface area (Å²) in [6, 6.07) is 35.4. The largest absolute Gasteiger partial charge is 0.0876 e. The summed E-state index contributed by atoms with van der Waals surface area (Å²) in [6.07, 6.45) is 22.4. The van der Waals surface area contributed by atoms with Crippen LogP contribution in [0.3, 0.4) is 0 Å². The third-order valence-electron chi connectivity index (χ3n) is 6.91. The van der Waals surface area contributed by atoms with Gasteiger partial charge >= 0.3 is 0 Å². The van der Waals surface area contributed by atoms with Crippen LogP contribution in [0.4, 0.5) is 0 Å². The van der Waals surface area contributed by atoms with Gasteiger partial charge in [-0.1, -0.05) is 134 Å². The van der Waals surface area contributed by atoms with Crippen LogP contribution in [0.1, 0.15) is 45.2 Å². The molecule has 0 aliphatic rings. The van der Waals surface area contributed by atoms with E-state index >= 15 is 0 Å². The molecule has 4 aromatic carbocycles. The lowest BCUT2D eigenvalue weighted by atomic mass is 9.91. The van der Waals surface area contributed by atoms with Crippen molar-refractivity contribution in [2.75, 3.05) is 0 Å². The predicted octanol–water partition coefficient (Wildman–Crippen LogP) is 12.1. The van der Waals surface area contributed by atoms with Crippen molar-refractivity contribution in [2.45, 2.75) is 34.1 Å². The Morgan fingerprint density at radius 3 is 1.46 bits per heavy atom. The number of allylic oxidation sites excluding steroid dienone is 12. The summed E-state index contributed by atoms with van der Waals surface area (Å²) in [5.74, 6) is 0. The molecule has 0 aromatic heterocycles. The zero-order valence-corrected chi connectivity index (χ0v) is 24.7. The topological polar surface area (TPSA) is 0 Å². The Hall–Kier alpha value is -4.68. The van der Waals surface area contributed by atoms with Gasteiger partial charge in [0.15, 0.2) is 0 Å². The average Bonchev–Trinajstić information content (AvgIpc) is 3.03. The molecule has 0 nitrogen and oxygen atoms in total. The molecule has 0 saturated heterocycles. The minimum Gasteiger partial charge on any atom is -0.0876 e. The van der Waals surface area contributed by atoms with Crippen LogP contribution in [-0.2, 0) is 0 Å². The molecule has 0 bridgehead atoms. The fraction of sp³-hybridized carbons (Fsp3) is 0.122. The number of hydrogen-bond acceptors (Lipinski definition) is 0. The van der Waals surface area contributed by atoms with Gasteiger partial charge in [0.2, 0.25) is 0 Å². The maximum Gasteiger partial charge on any atom is -0.0171 e. The van der Waals surface area contributed by atoms with E-state index in [0.717, 1.165) is 6.42 Å². The third-order valence-corrected chi connectivity index (χ3v) is 6.91. The van der Waals surface area contributed by atoms with Crippen LogP contribution < -0.4 is 0 Å². The summed E-state index contributed by atoms with van der Waals surface area (Å²) in [5.41, 5.74) is 12.1. The summed E-state index contributed by atoms with van der Waals surface area (Å²) in [7, 11) is 0. The van der Waals surface area contributed by atoms with Crippen molar-refractivity contribution in [3.8, 4) is 33.4 Å². The lowest BCUT2D eigenvalue weighted by Gasteiger charge is -2.13. The van der Waals surface area contributed by atoms with Crippen molar-refractivity contribution in [1.82, 2.24) is 0 Å². The van der Waals surface area contributed by atoms with Gasteiger partial charge in [-0.2, -0.15) is 0 Å². The zero-order valence-electron chi connectivity index (χ0n) is 24.7. The highest BCUT2D eigenvalue weighted by Gasteiger charge is 2.10. The first kappa shape index (κ1) is 29.3. The number of hydrogen-bond donors (Lipinski definition) is 0. The van der Waals surface area contributed by atoms with E-state index < -0.39 is 0 Å². The smallest absolute Gasteiger partial charge is 0.0171 e. The van der Waals surface area contributed by atoms with Gasteiger partial charge in [0, 0.05) is 0 Å². The Balaban J connectivity index is 1.88. The van der Waals surface area contributed by atoms with E-state index in [-0.39, 0.29) is 0 Å². The van der Waals surface area contributed by atoms with Crippen molar-refractivity contribution in [3.63, 3.8) is 0 Å². The third kappa shape index (κ3) is 7.93. The minimum absolute atomic E-state index is 1.01. The summed E-state index contributed by atoms with van der Waals surface area (Å²) >= 11 is 0. The second-order valence-corrected chi connectivity index (χ2v) is 9.93. The van der Waals surface area contributed by atoms with Crippen molar-refractivity contribution in [3.05, 3.63) is 169 Å². The van der Waals surface area contributed by atoms with Gasteiger partial charge in [-0.05, 0) is 113 Å². The van der Waals surface area contributed by atoms with Gasteiger partial charge in [0.25, 0.3) is 0 Å². The van der Waals surface area contributed by atoms with E-state index in [1.807, 2.05) is 6.92 Å². The molecule has 0 heterocycles. The second-order valence-electron chi connectivity index (χ2n) is 9.93. The molecule has 4 aromatic rings. The molecule has 41 heavy (non-hydrogen) atoms. The fourth-order valence-electron chi connectivity index (χ4n) is 4.84. The molecule has 0 heteroatoms. The number of benzene rings is 4. The van der Waals surface area contributed by atoms with Gasteiger partial charge in [-0.3, -0.25) is 0 Å². The van der Waals surface area contributed by atoms with Crippen LogP contribution in [0.15, 0.2) is 158 Å². The average molecular weight is 533 g/mol. The van der Waals surface area contributed by atoms with Crippen molar-refractivity contribution in [2.24, 2.45) is 0 Å². The molecule has 0 atom stereocenters. The van der Waals surface area contributed by atoms with Crippen LogP contribution in [0.5, 0.6) is 0 Å². The Kier molecular flexibility index (Phi) is 10.9. The second kappa shape index (κ2) is 15.2. The van der Waals surface area contributed by atoms with E-state index in [2.05, 4.69) is 179 Å². The Bertz CT molecular complexity index is 1620. The lowest BCUT2D eigenvalue weighted by molar-refractivity contribution is 1.22. The molecular formula is C41H40. The maximum atomic E-state index is 2.33. The molecule has 4 rings (SSSR count).